The van der Waals surface area contributed by atoms with Gasteiger partial charge in [-0.2, -0.15) is 0 Å². The molecular weight excluding hydrogens is 323 g/mol. The number of halogens is 3. The van der Waals surface area contributed by atoms with Crippen LogP contribution in [-0.2, 0) is 0 Å². The van der Waals surface area contributed by atoms with Crippen LogP contribution >= 0.6 is 34.8 Å². The van der Waals surface area contributed by atoms with E-state index >= 15 is 0 Å². The second-order valence-electron chi connectivity index (χ2n) is 5.05. The number of hydrogen-bond donors (Lipinski definition) is 0. The van der Waals surface area contributed by atoms with E-state index in [2.05, 4.69) is 31.2 Å². The lowest BCUT2D eigenvalue weighted by Gasteiger charge is -2.17. The standard InChI is InChI=1S/C18H13Cl3/c1-11-6-7-12-4-2-3-5-14(12)17(11)18(21)15-10-13(19)8-9-16(15)20/h2-10,18H,1H3. The fourth-order valence-electron chi connectivity index (χ4n) is 2.61. The van der Waals surface area contributed by atoms with Crippen LogP contribution in [0.4, 0.5) is 0 Å². The Balaban J connectivity index is 2.24. The summed E-state index contributed by atoms with van der Waals surface area (Å²) in [6, 6.07) is 17.8. The third-order valence-electron chi connectivity index (χ3n) is 3.67. The zero-order valence-corrected chi connectivity index (χ0v) is 13.7. The first-order valence-electron chi connectivity index (χ1n) is 6.65. The highest BCUT2D eigenvalue weighted by Crippen LogP contribution is 2.39. The van der Waals surface area contributed by atoms with Gasteiger partial charge in [0.15, 0.2) is 0 Å². The van der Waals surface area contributed by atoms with Crippen molar-refractivity contribution in [3.63, 3.8) is 0 Å². The van der Waals surface area contributed by atoms with E-state index in [0.717, 1.165) is 22.1 Å². The summed E-state index contributed by atoms with van der Waals surface area (Å²) < 4.78 is 0. The monoisotopic (exact) mass is 334 g/mol. The number of aryl methyl sites for hydroxylation is 1. The molecule has 106 valence electrons. The van der Waals surface area contributed by atoms with Gasteiger partial charge in [-0.1, -0.05) is 59.6 Å². The van der Waals surface area contributed by atoms with Crippen LogP contribution in [0.15, 0.2) is 54.6 Å². The Morgan fingerprint density at radius 1 is 0.905 bits per heavy atom. The summed E-state index contributed by atoms with van der Waals surface area (Å²) in [5.41, 5.74) is 3.06. The maximum atomic E-state index is 6.75. The lowest BCUT2D eigenvalue weighted by molar-refractivity contribution is 1.13. The molecule has 0 radical (unpaired) electrons. The molecule has 3 rings (SSSR count). The van der Waals surface area contributed by atoms with Crippen molar-refractivity contribution in [1.29, 1.82) is 0 Å². The Bertz CT molecular complexity index is 809. The minimum atomic E-state index is -0.331. The van der Waals surface area contributed by atoms with Crippen molar-refractivity contribution in [3.8, 4) is 0 Å². The van der Waals surface area contributed by atoms with Crippen LogP contribution in [0.1, 0.15) is 22.1 Å². The molecule has 3 aromatic rings. The zero-order chi connectivity index (χ0) is 15.0. The number of hydrogen-bond acceptors (Lipinski definition) is 0. The third-order valence-corrected chi connectivity index (χ3v) is 4.71. The van der Waals surface area contributed by atoms with Gasteiger partial charge in [-0.3, -0.25) is 0 Å². The molecular formula is C18H13Cl3. The van der Waals surface area contributed by atoms with Crippen molar-refractivity contribution >= 4 is 45.6 Å². The first-order chi connectivity index (χ1) is 10.1. The average molecular weight is 336 g/mol. The highest BCUT2D eigenvalue weighted by molar-refractivity contribution is 6.35. The maximum absolute atomic E-state index is 6.75. The van der Waals surface area contributed by atoms with E-state index in [0.29, 0.717) is 10.0 Å². The molecule has 0 saturated heterocycles. The molecule has 0 bridgehead atoms. The fraction of sp³-hybridized carbons (Fsp3) is 0.111. The lowest BCUT2D eigenvalue weighted by atomic mass is 9.94. The van der Waals surface area contributed by atoms with Gasteiger partial charge < -0.3 is 0 Å². The van der Waals surface area contributed by atoms with Crippen molar-refractivity contribution in [2.45, 2.75) is 12.3 Å². The van der Waals surface area contributed by atoms with Gasteiger partial charge in [-0.05, 0) is 52.6 Å². The lowest BCUT2D eigenvalue weighted by Crippen LogP contribution is -1.99. The minimum absolute atomic E-state index is 0.331. The third kappa shape index (κ3) is 2.76. The van der Waals surface area contributed by atoms with E-state index < -0.39 is 0 Å². The van der Waals surface area contributed by atoms with E-state index in [1.54, 1.807) is 12.1 Å². The zero-order valence-electron chi connectivity index (χ0n) is 11.4. The summed E-state index contributed by atoms with van der Waals surface area (Å²) in [7, 11) is 0. The quantitative estimate of drug-likeness (QED) is 0.453. The van der Waals surface area contributed by atoms with Crippen molar-refractivity contribution in [3.05, 3.63) is 81.3 Å². The van der Waals surface area contributed by atoms with Crippen molar-refractivity contribution < 1.29 is 0 Å². The van der Waals surface area contributed by atoms with Gasteiger partial charge in [0.25, 0.3) is 0 Å². The van der Waals surface area contributed by atoms with Gasteiger partial charge >= 0.3 is 0 Å². The van der Waals surface area contributed by atoms with Gasteiger partial charge in [0.2, 0.25) is 0 Å². The molecule has 0 aliphatic heterocycles. The summed E-state index contributed by atoms with van der Waals surface area (Å²) in [6.07, 6.45) is 0. The van der Waals surface area contributed by atoms with E-state index in [4.69, 9.17) is 34.8 Å². The van der Waals surface area contributed by atoms with E-state index in [9.17, 15) is 0 Å². The van der Waals surface area contributed by atoms with Crippen LogP contribution in [0.5, 0.6) is 0 Å². The Morgan fingerprint density at radius 3 is 2.48 bits per heavy atom. The van der Waals surface area contributed by atoms with E-state index in [1.807, 2.05) is 18.2 Å². The number of rotatable bonds is 2. The number of fused-ring (bicyclic) bond motifs is 1. The molecule has 0 amide bonds. The van der Waals surface area contributed by atoms with Gasteiger partial charge in [0.1, 0.15) is 0 Å². The van der Waals surface area contributed by atoms with Crippen LogP contribution in [0.3, 0.4) is 0 Å². The van der Waals surface area contributed by atoms with Gasteiger partial charge in [0, 0.05) is 10.0 Å². The van der Waals surface area contributed by atoms with Gasteiger partial charge in [-0.15, -0.1) is 11.6 Å². The summed E-state index contributed by atoms with van der Waals surface area (Å²) in [4.78, 5) is 0. The van der Waals surface area contributed by atoms with Gasteiger partial charge in [0.05, 0.1) is 5.38 Å². The summed E-state index contributed by atoms with van der Waals surface area (Å²) in [6.45, 7) is 2.07. The topological polar surface area (TPSA) is 0 Å². The molecule has 0 spiro atoms. The molecule has 3 heteroatoms. The summed E-state index contributed by atoms with van der Waals surface area (Å²) in [5.74, 6) is 0. The highest BCUT2D eigenvalue weighted by Gasteiger charge is 2.19. The minimum Gasteiger partial charge on any atom is -0.112 e. The normalized spacial score (nSPS) is 12.6. The summed E-state index contributed by atoms with van der Waals surface area (Å²) in [5, 5.41) is 3.25. The molecule has 0 aliphatic rings. The van der Waals surface area contributed by atoms with Gasteiger partial charge in [-0.25, -0.2) is 0 Å². The molecule has 0 nitrogen and oxygen atoms in total. The largest absolute Gasteiger partial charge is 0.112 e. The van der Waals surface area contributed by atoms with E-state index in [-0.39, 0.29) is 5.38 Å². The van der Waals surface area contributed by atoms with Crippen molar-refractivity contribution in [2.75, 3.05) is 0 Å². The maximum Gasteiger partial charge on any atom is 0.0858 e. The second-order valence-corrected chi connectivity index (χ2v) is 6.33. The molecule has 1 atom stereocenters. The molecule has 0 aromatic heterocycles. The predicted molar refractivity (Wildman–Crippen MR) is 92.8 cm³/mol. The first-order valence-corrected chi connectivity index (χ1v) is 7.84. The molecule has 0 fully saturated rings. The molecule has 0 heterocycles. The molecule has 1 unspecified atom stereocenters. The van der Waals surface area contributed by atoms with Crippen LogP contribution in [0.25, 0.3) is 10.8 Å². The SMILES string of the molecule is Cc1ccc2ccccc2c1C(Cl)c1cc(Cl)ccc1Cl. The van der Waals surface area contributed by atoms with Crippen molar-refractivity contribution in [2.24, 2.45) is 0 Å². The second kappa shape index (κ2) is 5.88. The van der Waals surface area contributed by atoms with E-state index in [1.165, 1.54) is 5.39 Å². The highest BCUT2D eigenvalue weighted by atomic mass is 35.5. The molecule has 0 saturated carbocycles. The van der Waals surface area contributed by atoms with Crippen molar-refractivity contribution in [1.82, 2.24) is 0 Å². The number of benzene rings is 3. The number of alkyl halides is 1. The Hall–Kier alpha value is -1.21. The smallest absolute Gasteiger partial charge is 0.0858 e. The fourth-order valence-corrected chi connectivity index (χ4v) is 3.54. The van der Waals surface area contributed by atoms with Crippen LogP contribution in [0, 0.1) is 6.92 Å². The molecule has 0 aliphatic carbocycles. The average Bonchev–Trinajstić information content (AvgIpc) is 2.49. The summed E-state index contributed by atoms with van der Waals surface area (Å²) >= 11 is 19.1. The van der Waals surface area contributed by atoms with Crippen LogP contribution in [0.2, 0.25) is 10.0 Å². The first kappa shape index (κ1) is 14.7. The predicted octanol–water partition coefficient (Wildman–Crippen LogP) is 6.78. The molecule has 0 N–H and O–H groups in total. The Morgan fingerprint density at radius 2 is 1.67 bits per heavy atom. The molecule has 21 heavy (non-hydrogen) atoms. The molecule has 3 aromatic carbocycles. The van der Waals surface area contributed by atoms with Crippen LogP contribution < -0.4 is 0 Å². The Labute approximate surface area is 139 Å². The Kier molecular flexibility index (Phi) is 4.12. The van der Waals surface area contributed by atoms with Crippen LogP contribution in [-0.4, -0.2) is 0 Å².